The van der Waals surface area contributed by atoms with Crippen LogP contribution in [0.1, 0.15) is 16.7 Å². The molecule has 122 valence electrons. The smallest absolute Gasteiger partial charge is 0.227 e. The highest BCUT2D eigenvalue weighted by Crippen LogP contribution is 2.29. The standard InChI is InChI=1S/C20H19ClN2O/c1-22-12-16-9-10-23(13-15-6-4-8-18(22)20(15)16)19(24)11-14-5-2-3-7-17(14)21/h2-8,12H,9-11,13H2,1H3. The van der Waals surface area contributed by atoms with Crippen molar-refractivity contribution in [1.82, 2.24) is 9.47 Å². The average Bonchev–Trinajstić information content (AvgIpc) is 2.78. The molecule has 3 nitrogen and oxygen atoms in total. The molecule has 2 aromatic carbocycles. The van der Waals surface area contributed by atoms with Crippen LogP contribution >= 0.6 is 11.6 Å². The number of hydrogen-bond acceptors (Lipinski definition) is 1. The Morgan fingerprint density at radius 1 is 1.12 bits per heavy atom. The van der Waals surface area contributed by atoms with Crippen molar-refractivity contribution in [2.24, 2.45) is 7.05 Å². The van der Waals surface area contributed by atoms with Crippen LogP contribution in [0.2, 0.25) is 5.02 Å². The summed E-state index contributed by atoms with van der Waals surface area (Å²) in [5.41, 5.74) is 4.69. The highest BCUT2D eigenvalue weighted by atomic mass is 35.5. The van der Waals surface area contributed by atoms with Crippen molar-refractivity contribution in [3.05, 3.63) is 70.4 Å². The largest absolute Gasteiger partial charge is 0.350 e. The maximum Gasteiger partial charge on any atom is 0.227 e. The first-order valence-corrected chi connectivity index (χ1v) is 8.58. The summed E-state index contributed by atoms with van der Waals surface area (Å²) in [5.74, 6) is 0.134. The summed E-state index contributed by atoms with van der Waals surface area (Å²) in [6, 6.07) is 13.9. The molecule has 1 aromatic heterocycles. The number of rotatable bonds is 2. The van der Waals surface area contributed by atoms with Gasteiger partial charge in [-0.05, 0) is 35.2 Å². The predicted octanol–water partition coefficient (Wildman–Crippen LogP) is 3.96. The van der Waals surface area contributed by atoms with Crippen molar-refractivity contribution < 1.29 is 4.79 Å². The second-order valence-electron chi connectivity index (χ2n) is 6.41. The molecule has 3 aromatic rings. The molecule has 0 spiro atoms. The molecule has 4 rings (SSSR count). The van der Waals surface area contributed by atoms with E-state index in [1.807, 2.05) is 29.2 Å². The quantitative estimate of drug-likeness (QED) is 0.694. The van der Waals surface area contributed by atoms with Crippen LogP contribution in [-0.2, 0) is 31.2 Å². The monoisotopic (exact) mass is 338 g/mol. The van der Waals surface area contributed by atoms with Crippen LogP contribution in [0.25, 0.3) is 10.9 Å². The van der Waals surface area contributed by atoms with Crippen LogP contribution in [0, 0.1) is 0 Å². The fourth-order valence-electron chi connectivity index (χ4n) is 3.61. The van der Waals surface area contributed by atoms with Gasteiger partial charge in [0.1, 0.15) is 0 Å². The van der Waals surface area contributed by atoms with Gasteiger partial charge in [0.25, 0.3) is 0 Å². The zero-order valence-electron chi connectivity index (χ0n) is 13.6. The van der Waals surface area contributed by atoms with Gasteiger partial charge in [-0.15, -0.1) is 0 Å². The van der Waals surface area contributed by atoms with Gasteiger partial charge in [-0.1, -0.05) is 41.9 Å². The van der Waals surface area contributed by atoms with E-state index in [9.17, 15) is 4.79 Å². The van der Waals surface area contributed by atoms with Gasteiger partial charge < -0.3 is 9.47 Å². The number of nitrogens with zero attached hydrogens (tertiary/aromatic N) is 2. The third-order valence-electron chi connectivity index (χ3n) is 4.84. The molecule has 4 heteroatoms. The molecule has 0 atom stereocenters. The minimum atomic E-state index is 0.134. The maximum atomic E-state index is 12.8. The molecule has 0 fully saturated rings. The Morgan fingerprint density at radius 2 is 1.96 bits per heavy atom. The van der Waals surface area contributed by atoms with Crippen LogP contribution in [0.15, 0.2) is 48.7 Å². The van der Waals surface area contributed by atoms with Gasteiger partial charge in [-0.3, -0.25) is 4.79 Å². The van der Waals surface area contributed by atoms with Crippen LogP contribution in [0.4, 0.5) is 0 Å². The molecule has 0 saturated heterocycles. The summed E-state index contributed by atoms with van der Waals surface area (Å²) in [7, 11) is 2.08. The second kappa shape index (κ2) is 5.99. The van der Waals surface area contributed by atoms with Gasteiger partial charge in [-0.2, -0.15) is 0 Å². The number of carbonyl (C=O) groups excluding carboxylic acids is 1. The lowest BCUT2D eigenvalue weighted by Crippen LogP contribution is -2.32. The number of benzene rings is 2. The van der Waals surface area contributed by atoms with Gasteiger partial charge in [0.15, 0.2) is 0 Å². The van der Waals surface area contributed by atoms with Crippen molar-refractivity contribution in [2.45, 2.75) is 19.4 Å². The average molecular weight is 339 g/mol. The second-order valence-corrected chi connectivity index (χ2v) is 6.82. The summed E-state index contributed by atoms with van der Waals surface area (Å²) in [5, 5.41) is 1.97. The zero-order chi connectivity index (χ0) is 16.7. The van der Waals surface area contributed by atoms with Crippen molar-refractivity contribution in [3.8, 4) is 0 Å². The van der Waals surface area contributed by atoms with Crippen molar-refractivity contribution >= 4 is 28.4 Å². The van der Waals surface area contributed by atoms with Gasteiger partial charge in [0, 0.05) is 42.3 Å². The molecule has 24 heavy (non-hydrogen) atoms. The molecular weight excluding hydrogens is 320 g/mol. The normalized spacial score (nSPS) is 14.0. The van der Waals surface area contributed by atoms with Crippen molar-refractivity contribution in [3.63, 3.8) is 0 Å². The fraction of sp³-hybridized carbons (Fsp3) is 0.250. The summed E-state index contributed by atoms with van der Waals surface area (Å²) in [6.07, 6.45) is 3.44. The van der Waals surface area contributed by atoms with E-state index in [4.69, 9.17) is 11.6 Å². The molecule has 2 heterocycles. The molecule has 0 aliphatic carbocycles. The number of hydrogen-bond donors (Lipinski definition) is 0. The molecule has 0 N–H and O–H groups in total. The number of aromatic nitrogens is 1. The van der Waals surface area contributed by atoms with E-state index >= 15 is 0 Å². The van der Waals surface area contributed by atoms with Gasteiger partial charge in [-0.25, -0.2) is 0 Å². The Balaban J connectivity index is 1.62. The molecule has 1 amide bonds. The molecule has 0 saturated carbocycles. The molecular formula is C20H19ClN2O. The van der Waals surface area contributed by atoms with E-state index in [1.54, 1.807) is 0 Å². The maximum absolute atomic E-state index is 12.8. The molecule has 0 radical (unpaired) electrons. The SMILES string of the molecule is Cn1cc2c3c(cccc31)CN(C(=O)Cc1ccccc1Cl)CC2. The van der Waals surface area contributed by atoms with Gasteiger partial charge in [0.05, 0.1) is 6.42 Å². The van der Waals surface area contributed by atoms with Crippen LogP contribution in [0.3, 0.4) is 0 Å². The van der Waals surface area contributed by atoms with Crippen LogP contribution < -0.4 is 0 Å². The van der Waals surface area contributed by atoms with E-state index in [0.29, 0.717) is 18.0 Å². The van der Waals surface area contributed by atoms with Gasteiger partial charge >= 0.3 is 0 Å². The number of carbonyl (C=O) groups is 1. The first kappa shape index (κ1) is 15.3. The fourth-order valence-corrected chi connectivity index (χ4v) is 3.81. The first-order valence-electron chi connectivity index (χ1n) is 8.20. The van der Waals surface area contributed by atoms with E-state index < -0.39 is 0 Å². The predicted molar refractivity (Wildman–Crippen MR) is 97.2 cm³/mol. The van der Waals surface area contributed by atoms with Crippen molar-refractivity contribution in [1.29, 1.82) is 0 Å². The van der Waals surface area contributed by atoms with Gasteiger partial charge in [0.2, 0.25) is 5.91 Å². The minimum absolute atomic E-state index is 0.134. The van der Waals surface area contributed by atoms with E-state index in [0.717, 1.165) is 18.5 Å². The number of aryl methyl sites for hydroxylation is 1. The summed E-state index contributed by atoms with van der Waals surface area (Å²) < 4.78 is 2.18. The van der Waals surface area contributed by atoms with Crippen LogP contribution in [-0.4, -0.2) is 21.9 Å². The third kappa shape index (κ3) is 2.59. The highest BCUT2D eigenvalue weighted by molar-refractivity contribution is 6.31. The zero-order valence-corrected chi connectivity index (χ0v) is 14.4. The Morgan fingerprint density at radius 3 is 2.79 bits per heavy atom. The van der Waals surface area contributed by atoms with Crippen molar-refractivity contribution in [2.75, 3.05) is 6.54 Å². The highest BCUT2D eigenvalue weighted by Gasteiger charge is 2.22. The van der Waals surface area contributed by atoms with E-state index in [-0.39, 0.29) is 5.91 Å². The lowest BCUT2D eigenvalue weighted by Gasteiger charge is -2.21. The number of halogens is 1. The Hall–Kier alpha value is -2.26. The first-order chi connectivity index (χ1) is 11.6. The third-order valence-corrected chi connectivity index (χ3v) is 5.21. The molecule has 0 unspecified atom stereocenters. The molecule has 0 bridgehead atoms. The molecule has 1 aliphatic heterocycles. The Labute approximate surface area is 146 Å². The lowest BCUT2D eigenvalue weighted by molar-refractivity contribution is -0.131. The summed E-state index contributed by atoms with van der Waals surface area (Å²) in [6.45, 7) is 1.41. The summed E-state index contributed by atoms with van der Waals surface area (Å²) >= 11 is 6.20. The van der Waals surface area contributed by atoms with Crippen LogP contribution in [0.5, 0.6) is 0 Å². The van der Waals surface area contributed by atoms with E-state index in [2.05, 4.69) is 36.0 Å². The number of amides is 1. The lowest BCUT2D eigenvalue weighted by atomic mass is 10.1. The Bertz CT molecular complexity index is 929. The van der Waals surface area contributed by atoms with E-state index in [1.165, 1.54) is 22.0 Å². The minimum Gasteiger partial charge on any atom is -0.350 e. The summed E-state index contributed by atoms with van der Waals surface area (Å²) in [4.78, 5) is 14.8. The topological polar surface area (TPSA) is 25.2 Å². The molecule has 1 aliphatic rings. The Kier molecular flexibility index (Phi) is 3.81.